The molecule has 0 bridgehead atoms. The molecule has 0 aliphatic rings. The second kappa shape index (κ2) is 10.5. The maximum Gasteiger partial charge on any atom is 0.230 e. The quantitative estimate of drug-likeness (QED) is 0.433. The van der Waals surface area contributed by atoms with E-state index in [-0.39, 0.29) is 5.91 Å². The fourth-order valence-electron chi connectivity index (χ4n) is 1.81. The molecule has 2 aromatic rings. The van der Waals surface area contributed by atoms with E-state index in [9.17, 15) is 4.79 Å². The molecular weight excluding hydrogens is 405 g/mol. The molecular formula is C17H16Cl3NOS2. The van der Waals surface area contributed by atoms with Crippen LogP contribution in [0.3, 0.4) is 0 Å². The molecule has 0 saturated heterocycles. The van der Waals surface area contributed by atoms with Crippen LogP contribution in [0.5, 0.6) is 0 Å². The summed E-state index contributed by atoms with van der Waals surface area (Å²) in [5.74, 6) is 2.12. The van der Waals surface area contributed by atoms with Crippen molar-refractivity contribution in [1.29, 1.82) is 0 Å². The highest BCUT2D eigenvalue weighted by atomic mass is 35.5. The van der Waals surface area contributed by atoms with Gasteiger partial charge in [-0.1, -0.05) is 40.9 Å². The number of carbonyl (C=O) groups is 1. The number of hydrogen-bond acceptors (Lipinski definition) is 3. The highest BCUT2D eigenvalue weighted by Crippen LogP contribution is 2.24. The average molecular weight is 421 g/mol. The molecule has 0 unspecified atom stereocenters. The molecule has 0 atom stereocenters. The summed E-state index contributed by atoms with van der Waals surface area (Å²) in [5.41, 5.74) is 1.12. The lowest BCUT2D eigenvalue weighted by molar-refractivity contribution is -0.118. The zero-order valence-electron chi connectivity index (χ0n) is 12.7. The summed E-state index contributed by atoms with van der Waals surface area (Å²) in [6.07, 6.45) is 0. The Morgan fingerprint density at radius 2 is 1.75 bits per heavy atom. The molecule has 0 radical (unpaired) electrons. The summed E-state index contributed by atoms with van der Waals surface area (Å²) in [4.78, 5) is 12.8. The van der Waals surface area contributed by atoms with Crippen LogP contribution in [0, 0.1) is 0 Å². The lowest BCUT2D eigenvalue weighted by Crippen LogP contribution is -2.27. The lowest BCUT2D eigenvalue weighted by Gasteiger charge is -2.06. The summed E-state index contributed by atoms with van der Waals surface area (Å²) in [6, 6.07) is 13.1. The van der Waals surface area contributed by atoms with Gasteiger partial charge in [0.05, 0.1) is 15.8 Å². The van der Waals surface area contributed by atoms with Crippen molar-refractivity contribution in [2.24, 2.45) is 0 Å². The largest absolute Gasteiger partial charge is 0.355 e. The van der Waals surface area contributed by atoms with E-state index in [1.165, 1.54) is 11.8 Å². The van der Waals surface area contributed by atoms with Gasteiger partial charge in [-0.3, -0.25) is 4.79 Å². The Morgan fingerprint density at radius 1 is 1.00 bits per heavy atom. The number of thioether (sulfide) groups is 2. The molecule has 2 rings (SSSR count). The lowest BCUT2D eigenvalue weighted by atomic mass is 10.2. The summed E-state index contributed by atoms with van der Waals surface area (Å²) < 4.78 is 0. The molecule has 0 saturated carbocycles. The molecule has 128 valence electrons. The van der Waals surface area contributed by atoms with Gasteiger partial charge in [-0.2, -0.15) is 11.8 Å². The molecule has 24 heavy (non-hydrogen) atoms. The topological polar surface area (TPSA) is 29.1 Å². The Labute approximate surface area is 165 Å². The van der Waals surface area contributed by atoms with Crippen molar-refractivity contribution in [1.82, 2.24) is 5.32 Å². The van der Waals surface area contributed by atoms with Crippen molar-refractivity contribution in [2.75, 3.05) is 18.1 Å². The Kier molecular flexibility index (Phi) is 8.63. The van der Waals surface area contributed by atoms with E-state index < -0.39 is 0 Å². The fourth-order valence-corrected chi connectivity index (χ4v) is 3.79. The Bertz CT molecular complexity index is 680. The number of benzene rings is 2. The van der Waals surface area contributed by atoms with Gasteiger partial charge in [-0.25, -0.2) is 0 Å². The van der Waals surface area contributed by atoms with E-state index in [1.54, 1.807) is 17.8 Å². The highest BCUT2D eigenvalue weighted by molar-refractivity contribution is 8.00. The van der Waals surface area contributed by atoms with Gasteiger partial charge in [0.1, 0.15) is 0 Å². The van der Waals surface area contributed by atoms with Crippen LogP contribution in [0.15, 0.2) is 47.4 Å². The summed E-state index contributed by atoms with van der Waals surface area (Å²) in [6.45, 7) is 0.645. The van der Waals surface area contributed by atoms with Gasteiger partial charge >= 0.3 is 0 Å². The molecule has 0 aromatic heterocycles. The molecule has 7 heteroatoms. The van der Waals surface area contributed by atoms with Crippen LogP contribution in [-0.2, 0) is 10.5 Å². The Hall–Kier alpha value is -0.520. The van der Waals surface area contributed by atoms with Crippen molar-refractivity contribution in [3.05, 3.63) is 63.1 Å². The molecule has 1 amide bonds. The van der Waals surface area contributed by atoms with Crippen molar-refractivity contribution in [3.63, 3.8) is 0 Å². The third-order valence-corrected chi connectivity index (χ3v) is 6.04. The predicted molar refractivity (Wildman–Crippen MR) is 108 cm³/mol. The normalized spacial score (nSPS) is 10.6. The molecule has 0 aliphatic carbocycles. The number of halogens is 3. The Morgan fingerprint density at radius 3 is 2.46 bits per heavy atom. The standard InChI is InChI=1S/C17H16Cl3NOS2/c18-13-2-4-14(5-3-13)24-11-17(22)21-7-8-23-10-12-1-6-15(19)16(20)9-12/h1-6,9H,7-8,10-11H2,(H,21,22). The van der Waals surface area contributed by atoms with Gasteiger partial charge in [-0.05, 0) is 42.0 Å². The molecule has 0 fully saturated rings. The van der Waals surface area contributed by atoms with Gasteiger partial charge in [0, 0.05) is 28.0 Å². The van der Waals surface area contributed by atoms with Crippen molar-refractivity contribution in [3.8, 4) is 0 Å². The van der Waals surface area contributed by atoms with Crippen LogP contribution in [0.25, 0.3) is 0 Å². The average Bonchev–Trinajstić information content (AvgIpc) is 2.57. The van der Waals surface area contributed by atoms with Crippen LogP contribution in [0.4, 0.5) is 0 Å². The molecule has 1 N–H and O–H groups in total. The smallest absolute Gasteiger partial charge is 0.230 e. The summed E-state index contributed by atoms with van der Waals surface area (Å²) >= 11 is 20.9. The van der Waals surface area contributed by atoms with Gasteiger partial charge in [0.15, 0.2) is 0 Å². The number of rotatable bonds is 8. The van der Waals surface area contributed by atoms with Crippen molar-refractivity contribution in [2.45, 2.75) is 10.6 Å². The monoisotopic (exact) mass is 419 g/mol. The first-order valence-electron chi connectivity index (χ1n) is 7.21. The van der Waals surface area contributed by atoms with E-state index in [0.717, 1.165) is 22.0 Å². The maximum absolute atomic E-state index is 11.8. The zero-order valence-corrected chi connectivity index (χ0v) is 16.6. The molecule has 0 spiro atoms. The summed E-state index contributed by atoms with van der Waals surface area (Å²) in [7, 11) is 0. The van der Waals surface area contributed by atoms with E-state index in [0.29, 0.717) is 27.4 Å². The molecule has 2 nitrogen and oxygen atoms in total. The van der Waals surface area contributed by atoms with Crippen LogP contribution >= 0.6 is 58.3 Å². The number of carbonyl (C=O) groups excluding carboxylic acids is 1. The van der Waals surface area contributed by atoms with Gasteiger partial charge < -0.3 is 5.32 Å². The molecule has 0 aliphatic heterocycles. The number of hydrogen-bond donors (Lipinski definition) is 1. The fraction of sp³-hybridized carbons (Fsp3) is 0.235. The van der Waals surface area contributed by atoms with Crippen molar-refractivity contribution < 1.29 is 4.79 Å². The van der Waals surface area contributed by atoms with E-state index in [1.807, 2.05) is 36.4 Å². The first-order chi connectivity index (χ1) is 11.5. The molecule has 0 heterocycles. The SMILES string of the molecule is O=C(CSc1ccc(Cl)cc1)NCCSCc1ccc(Cl)c(Cl)c1. The van der Waals surface area contributed by atoms with E-state index >= 15 is 0 Å². The van der Waals surface area contributed by atoms with Crippen LogP contribution in [-0.4, -0.2) is 24.0 Å². The van der Waals surface area contributed by atoms with Crippen LogP contribution in [0.2, 0.25) is 15.1 Å². The minimum atomic E-state index is 0.0325. The first-order valence-corrected chi connectivity index (χ1v) is 10.5. The van der Waals surface area contributed by atoms with Gasteiger partial charge in [0.2, 0.25) is 5.91 Å². The minimum absolute atomic E-state index is 0.0325. The van der Waals surface area contributed by atoms with Gasteiger partial charge in [0.25, 0.3) is 0 Å². The maximum atomic E-state index is 11.8. The minimum Gasteiger partial charge on any atom is -0.355 e. The Balaban J connectivity index is 1.59. The van der Waals surface area contributed by atoms with Crippen LogP contribution < -0.4 is 5.32 Å². The zero-order chi connectivity index (χ0) is 17.4. The first kappa shape index (κ1) is 19.8. The molecule has 2 aromatic carbocycles. The predicted octanol–water partition coefficient (Wildman–Crippen LogP) is 5.79. The van der Waals surface area contributed by atoms with Crippen LogP contribution in [0.1, 0.15) is 5.56 Å². The van der Waals surface area contributed by atoms with Gasteiger partial charge in [-0.15, -0.1) is 11.8 Å². The van der Waals surface area contributed by atoms with E-state index in [4.69, 9.17) is 34.8 Å². The highest BCUT2D eigenvalue weighted by Gasteiger charge is 2.03. The second-order valence-electron chi connectivity index (χ2n) is 4.89. The second-order valence-corrected chi connectivity index (χ2v) is 8.30. The number of nitrogens with one attached hydrogen (secondary N) is 1. The third-order valence-electron chi connectivity index (χ3n) is 3.00. The summed E-state index contributed by atoms with van der Waals surface area (Å²) in [5, 5.41) is 4.75. The number of amides is 1. The van der Waals surface area contributed by atoms with E-state index in [2.05, 4.69) is 5.32 Å². The van der Waals surface area contributed by atoms with Crippen molar-refractivity contribution >= 4 is 64.2 Å². The third kappa shape index (κ3) is 7.16.